The number of nitrogens with one attached hydrogen (secondary N) is 1. The monoisotopic (exact) mass is 336 g/mol. The highest BCUT2D eigenvalue weighted by Crippen LogP contribution is 2.23. The number of hydrogen-bond acceptors (Lipinski definition) is 4. The van der Waals surface area contributed by atoms with Gasteiger partial charge in [0, 0.05) is 12.6 Å². The van der Waals surface area contributed by atoms with Crippen molar-refractivity contribution >= 4 is 23.2 Å². The molecule has 0 aromatic carbocycles. The Morgan fingerprint density at radius 3 is 2.65 bits per heavy atom. The fraction of sp³-hybridized carbons (Fsp3) is 0.647. The summed E-state index contributed by atoms with van der Waals surface area (Å²) in [6.07, 6.45) is 5.57. The highest BCUT2D eigenvalue weighted by atomic mass is 32.1. The molecule has 23 heavy (non-hydrogen) atoms. The van der Waals surface area contributed by atoms with Gasteiger partial charge in [0.25, 0.3) is 5.91 Å². The van der Waals surface area contributed by atoms with Gasteiger partial charge in [0.2, 0.25) is 5.91 Å². The smallest absolute Gasteiger partial charge is 0.264 e. The Balaban J connectivity index is 1.63. The third-order valence-electron chi connectivity index (χ3n) is 4.84. The summed E-state index contributed by atoms with van der Waals surface area (Å²) in [7, 11) is 0. The van der Waals surface area contributed by atoms with E-state index in [0.29, 0.717) is 11.4 Å². The van der Waals surface area contributed by atoms with E-state index in [-0.39, 0.29) is 30.0 Å². The SMILES string of the molecule is O=C(NC1CCC(O)CC1)C1CCCCN1C(=O)c1cccs1. The lowest BCUT2D eigenvalue weighted by Crippen LogP contribution is -2.54. The summed E-state index contributed by atoms with van der Waals surface area (Å²) in [6.45, 7) is 0.651. The summed E-state index contributed by atoms with van der Waals surface area (Å²) < 4.78 is 0. The van der Waals surface area contributed by atoms with Crippen LogP contribution in [-0.2, 0) is 4.79 Å². The summed E-state index contributed by atoms with van der Waals surface area (Å²) in [5.74, 6) is -0.0603. The fourth-order valence-corrected chi connectivity index (χ4v) is 4.19. The average Bonchev–Trinajstić information content (AvgIpc) is 3.11. The third kappa shape index (κ3) is 3.93. The molecule has 1 aliphatic heterocycles. The molecule has 3 rings (SSSR count). The lowest BCUT2D eigenvalue weighted by Gasteiger charge is -2.36. The van der Waals surface area contributed by atoms with E-state index in [0.717, 1.165) is 44.9 Å². The van der Waals surface area contributed by atoms with Crippen LogP contribution in [-0.4, -0.2) is 46.6 Å². The number of nitrogens with zero attached hydrogens (tertiary/aromatic N) is 1. The van der Waals surface area contributed by atoms with E-state index >= 15 is 0 Å². The zero-order valence-corrected chi connectivity index (χ0v) is 14.1. The van der Waals surface area contributed by atoms with Crippen molar-refractivity contribution in [3.63, 3.8) is 0 Å². The van der Waals surface area contributed by atoms with Gasteiger partial charge in [-0.1, -0.05) is 6.07 Å². The molecule has 1 aliphatic carbocycles. The van der Waals surface area contributed by atoms with E-state index in [9.17, 15) is 14.7 Å². The Labute approximate surface area is 140 Å². The first-order valence-electron chi connectivity index (χ1n) is 8.48. The van der Waals surface area contributed by atoms with Crippen LogP contribution < -0.4 is 5.32 Å². The topological polar surface area (TPSA) is 69.6 Å². The summed E-state index contributed by atoms with van der Waals surface area (Å²) in [6, 6.07) is 3.46. The van der Waals surface area contributed by atoms with E-state index < -0.39 is 0 Å². The zero-order valence-electron chi connectivity index (χ0n) is 13.2. The molecule has 0 radical (unpaired) electrons. The number of rotatable bonds is 3. The van der Waals surface area contributed by atoms with Gasteiger partial charge in [-0.25, -0.2) is 0 Å². The number of carbonyl (C=O) groups is 2. The highest BCUT2D eigenvalue weighted by Gasteiger charge is 2.34. The molecule has 126 valence electrons. The van der Waals surface area contributed by atoms with Gasteiger partial charge in [-0.2, -0.15) is 0 Å². The molecular formula is C17H24N2O3S. The Morgan fingerprint density at radius 2 is 1.96 bits per heavy atom. The second-order valence-electron chi connectivity index (χ2n) is 6.50. The Kier molecular flexibility index (Phi) is 5.33. The van der Waals surface area contributed by atoms with Gasteiger partial charge >= 0.3 is 0 Å². The van der Waals surface area contributed by atoms with E-state index in [1.807, 2.05) is 17.5 Å². The van der Waals surface area contributed by atoms with E-state index in [4.69, 9.17) is 0 Å². The molecule has 2 N–H and O–H groups in total. The minimum Gasteiger partial charge on any atom is -0.393 e. The van der Waals surface area contributed by atoms with Gasteiger partial charge in [-0.15, -0.1) is 11.3 Å². The summed E-state index contributed by atoms with van der Waals surface area (Å²) in [5, 5.41) is 14.6. The molecule has 1 aromatic heterocycles. The molecule has 2 heterocycles. The lowest BCUT2D eigenvalue weighted by molar-refractivity contribution is -0.127. The molecule has 1 atom stereocenters. The van der Waals surface area contributed by atoms with E-state index in [2.05, 4.69) is 5.32 Å². The number of amides is 2. The van der Waals surface area contributed by atoms with Crippen molar-refractivity contribution in [2.75, 3.05) is 6.54 Å². The Hall–Kier alpha value is -1.40. The number of likely N-dealkylation sites (tertiary alicyclic amines) is 1. The standard InChI is InChI=1S/C17H24N2O3S/c20-13-8-6-12(7-9-13)18-16(21)14-4-1-2-10-19(14)17(22)15-5-3-11-23-15/h3,5,11-14,20H,1-2,4,6-10H2,(H,18,21). The van der Waals surface area contributed by atoms with E-state index in [1.165, 1.54) is 11.3 Å². The molecule has 1 saturated carbocycles. The van der Waals surface area contributed by atoms with Crippen LogP contribution in [0, 0.1) is 0 Å². The van der Waals surface area contributed by atoms with Crippen molar-refractivity contribution in [3.05, 3.63) is 22.4 Å². The van der Waals surface area contributed by atoms with Crippen LogP contribution in [0.4, 0.5) is 0 Å². The molecule has 1 aromatic rings. The van der Waals surface area contributed by atoms with Crippen LogP contribution in [0.2, 0.25) is 0 Å². The number of thiophene rings is 1. The van der Waals surface area contributed by atoms with Crippen molar-refractivity contribution < 1.29 is 14.7 Å². The number of hydrogen-bond donors (Lipinski definition) is 2. The second-order valence-corrected chi connectivity index (χ2v) is 7.45. The van der Waals surface area contributed by atoms with Crippen molar-refractivity contribution in [1.29, 1.82) is 0 Å². The third-order valence-corrected chi connectivity index (χ3v) is 5.70. The van der Waals surface area contributed by atoms with Gasteiger partial charge in [-0.05, 0) is 56.4 Å². The molecule has 2 fully saturated rings. The maximum absolute atomic E-state index is 12.7. The van der Waals surface area contributed by atoms with Crippen LogP contribution in [0.5, 0.6) is 0 Å². The van der Waals surface area contributed by atoms with Gasteiger partial charge in [-0.3, -0.25) is 9.59 Å². The Morgan fingerprint density at radius 1 is 1.17 bits per heavy atom. The first kappa shape index (κ1) is 16.5. The number of piperidine rings is 1. The Bertz CT molecular complexity index is 538. The van der Waals surface area contributed by atoms with Gasteiger partial charge in [0.05, 0.1) is 11.0 Å². The summed E-state index contributed by atoms with van der Waals surface area (Å²) >= 11 is 1.42. The molecule has 6 heteroatoms. The van der Waals surface area contributed by atoms with Crippen LogP contribution in [0.3, 0.4) is 0 Å². The van der Waals surface area contributed by atoms with Crippen molar-refractivity contribution in [3.8, 4) is 0 Å². The van der Waals surface area contributed by atoms with Crippen molar-refractivity contribution in [2.24, 2.45) is 0 Å². The summed E-state index contributed by atoms with van der Waals surface area (Å²) in [4.78, 5) is 27.7. The van der Waals surface area contributed by atoms with Crippen molar-refractivity contribution in [1.82, 2.24) is 10.2 Å². The first-order chi connectivity index (χ1) is 11.1. The maximum atomic E-state index is 12.7. The predicted octanol–water partition coefficient (Wildman–Crippen LogP) is 2.16. The van der Waals surface area contributed by atoms with Crippen molar-refractivity contribution in [2.45, 2.75) is 63.1 Å². The quantitative estimate of drug-likeness (QED) is 0.889. The minimum absolute atomic E-state index is 0.0288. The van der Waals surface area contributed by atoms with Gasteiger partial charge in [0.15, 0.2) is 0 Å². The molecule has 1 unspecified atom stereocenters. The summed E-state index contributed by atoms with van der Waals surface area (Å²) in [5.41, 5.74) is 0. The number of carbonyl (C=O) groups excluding carboxylic acids is 2. The maximum Gasteiger partial charge on any atom is 0.264 e. The molecule has 2 amide bonds. The average molecular weight is 336 g/mol. The molecule has 0 spiro atoms. The van der Waals surface area contributed by atoms with Crippen LogP contribution in [0.25, 0.3) is 0 Å². The highest BCUT2D eigenvalue weighted by molar-refractivity contribution is 7.12. The minimum atomic E-state index is -0.356. The fourth-order valence-electron chi connectivity index (χ4n) is 3.51. The zero-order chi connectivity index (χ0) is 16.2. The molecule has 1 saturated heterocycles. The van der Waals surface area contributed by atoms with Crippen LogP contribution in [0.1, 0.15) is 54.6 Å². The molecule has 0 bridgehead atoms. The first-order valence-corrected chi connectivity index (χ1v) is 9.36. The van der Waals surface area contributed by atoms with Gasteiger partial charge < -0.3 is 15.3 Å². The molecule has 5 nitrogen and oxygen atoms in total. The second kappa shape index (κ2) is 7.45. The van der Waals surface area contributed by atoms with E-state index in [1.54, 1.807) is 4.90 Å². The molecular weight excluding hydrogens is 312 g/mol. The number of aliphatic hydroxyl groups is 1. The number of aliphatic hydroxyl groups excluding tert-OH is 1. The van der Waals surface area contributed by atoms with Gasteiger partial charge in [0.1, 0.15) is 6.04 Å². The van der Waals surface area contributed by atoms with Crippen LogP contribution >= 0.6 is 11.3 Å². The largest absolute Gasteiger partial charge is 0.393 e. The molecule has 2 aliphatic rings. The predicted molar refractivity (Wildman–Crippen MR) is 89.4 cm³/mol. The normalized spacial score (nSPS) is 28.4. The lowest BCUT2D eigenvalue weighted by atomic mass is 9.92. The van der Waals surface area contributed by atoms with Crippen LogP contribution in [0.15, 0.2) is 17.5 Å².